The molecule has 0 aliphatic carbocycles. The van der Waals surface area contributed by atoms with Gasteiger partial charge >= 0.3 is 0 Å². The molecule has 1 aromatic heterocycles. The molecule has 0 aliphatic heterocycles. The maximum absolute atomic E-state index is 9.72. The van der Waals surface area contributed by atoms with E-state index in [2.05, 4.69) is 43.9 Å². The number of aryl methyl sites for hydroxylation is 2. The fraction of sp³-hybridized carbons (Fsp3) is 0.321. The molecular formula is C28H36N6O2S. The van der Waals surface area contributed by atoms with Gasteiger partial charge in [0.05, 0.1) is 12.4 Å². The fourth-order valence-corrected chi connectivity index (χ4v) is 4.53. The van der Waals surface area contributed by atoms with E-state index in [4.69, 9.17) is 16.2 Å². The number of aromatic nitrogens is 2. The van der Waals surface area contributed by atoms with E-state index in [1.54, 1.807) is 13.8 Å². The molecule has 0 radical (unpaired) electrons. The summed E-state index contributed by atoms with van der Waals surface area (Å²) in [5, 5.41) is 13.2. The van der Waals surface area contributed by atoms with Gasteiger partial charge < -0.3 is 26.6 Å². The van der Waals surface area contributed by atoms with Crippen LogP contribution in [0.25, 0.3) is 11.1 Å². The monoisotopic (exact) mass is 520 g/mol. The van der Waals surface area contributed by atoms with E-state index in [9.17, 15) is 5.11 Å². The van der Waals surface area contributed by atoms with Gasteiger partial charge in [-0.2, -0.15) is 4.40 Å². The van der Waals surface area contributed by atoms with Crippen molar-refractivity contribution in [1.29, 1.82) is 0 Å². The van der Waals surface area contributed by atoms with Crippen molar-refractivity contribution in [3.63, 3.8) is 0 Å². The number of hydrogen-bond acceptors (Lipinski definition) is 8. The second-order valence-corrected chi connectivity index (χ2v) is 9.45. The van der Waals surface area contributed by atoms with Crippen LogP contribution in [0.1, 0.15) is 49.0 Å². The minimum absolute atomic E-state index is 0.157. The largest absolute Gasteiger partial charge is 0.512 e. The van der Waals surface area contributed by atoms with E-state index < -0.39 is 0 Å². The van der Waals surface area contributed by atoms with E-state index >= 15 is 0 Å². The van der Waals surface area contributed by atoms with Crippen LogP contribution in [0.3, 0.4) is 0 Å². The first-order chi connectivity index (χ1) is 17.7. The van der Waals surface area contributed by atoms with Gasteiger partial charge in [0.1, 0.15) is 17.5 Å². The van der Waals surface area contributed by atoms with Crippen LogP contribution in [-0.2, 0) is 24.4 Å². The number of hydrogen-bond donors (Lipinski definition) is 4. The lowest BCUT2D eigenvalue weighted by Gasteiger charge is -2.16. The van der Waals surface area contributed by atoms with Gasteiger partial charge in [-0.25, -0.2) is 9.97 Å². The second kappa shape index (κ2) is 13.2. The highest BCUT2D eigenvalue weighted by molar-refractivity contribution is 7.98. The lowest BCUT2D eigenvalue weighted by atomic mass is 9.97. The number of amidine groups is 1. The van der Waals surface area contributed by atoms with E-state index in [0.29, 0.717) is 43.5 Å². The highest BCUT2D eigenvalue weighted by atomic mass is 32.2. The molecule has 0 aliphatic rings. The minimum Gasteiger partial charge on any atom is -0.512 e. The maximum atomic E-state index is 9.72. The summed E-state index contributed by atoms with van der Waals surface area (Å²) in [6, 6.07) is 14.4. The molecule has 8 nitrogen and oxygen atoms in total. The molecule has 0 saturated carbocycles. The third-order valence-electron chi connectivity index (χ3n) is 5.97. The third kappa shape index (κ3) is 7.31. The number of rotatable bonds is 11. The molecule has 0 fully saturated rings. The number of nitrogens with two attached hydrogens (primary N) is 2. The Hall–Kier alpha value is -3.40. The van der Waals surface area contributed by atoms with Crippen molar-refractivity contribution in [2.45, 2.75) is 59.2 Å². The van der Waals surface area contributed by atoms with Crippen LogP contribution in [0, 0.1) is 13.8 Å². The predicted molar refractivity (Wildman–Crippen MR) is 152 cm³/mol. The molecular weight excluding hydrogens is 484 g/mol. The molecule has 0 unspecified atom stereocenters. The smallest absolute Gasteiger partial charge is 0.138 e. The average Bonchev–Trinajstić information content (AvgIpc) is 2.88. The Bertz CT molecular complexity index is 1300. The zero-order chi connectivity index (χ0) is 26.9. The summed E-state index contributed by atoms with van der Waals surface area (Å²) >= 11 is 1.29. The van der Waals surface area contributed by atoms with Crippen molar-refractivity contribution < 1.29 is 9.84 Å². The van der Waals surface area contributed by atoms with E-state index in [0.717, 1.165) is 44.2 Å². The maximum Gasteiger partial charge on any atom is 0.138 e. The van der Waals surface area contributed by atoms with Crippen LogP contribution >= 0.6 is 11.9 Å². The molecule has 0 spiro atoms. The Kier molecular flexibility index (Phi) is 10.1. The normalized spacial score (nSPS) is 12.4. The summed E-state index contributed by atoms with van der Waals surface area (Å²) in [5.74, 6) is 1.93. The number of anilines is 1. The number of nitrogens with one attached hydrogen (secondary N) is 1. The summed E-state index contributed by atoms with van der Waals surface area (Å²) in [6.07, 6.45) is 0. The topological polar surface area (TPSA) is 132 Å². The van der Waals surface area contributed by atoms with Crippen LogP contribution in [0.2, 0.25) is 0 Å². The van der Waals surface area contributed by atoms with Gasteiger partial charge in [-0.1, -0.05) is 36.4 Å². The number of nitrogens with zero attached hydrogens (tertiary/aromatic N) is 3. The van der Waals surface area contributed by atoms with Crippen molar-refractivity contribution in [2.75, 3.05) is 11.9 Å². The molecule has 6 N–H and O–H groups in total. The van der Waals surface area contributed by atoms with Gasteiger partial charge in [-0.3, -0.25) is 0 Å². The molecule has 0 bridgehead atoms. The molecule has 1 heterocycles. The molecule has 37 heavy (non-hydrogen) atoms. The SMILES string of the molecule is CCOCc1cc(CNc2nc(C)nc(C)c2CN)ccc1-c1ccccc1S/N=C(N)\C(C)=C(\C)O. The molecule has 2 aromatic carbocycles. The van der Waals surface area contributed by atoms with Crippen LogP contribution in [0.15, 0.2) is 63.1 Å². The Morgan fingerprint density at radius 1 is 1.11 bits per heavy atom. The van der Waals surface area contributed by atoms with Crippen molar-refractivity contribution >= 4 is 23.6 Å². The Morgan fingerprint density at radius 2 is 1.86 bits per heavy atom. The third-order valence-corrected chi connectivity index (χ3v) is 6.81. The van der Waals surface area contributed by atoms with Crippen LogP contribution in [0.5, 0.6) is 0 Å². The number of aliphatic hydroxyl groups excluding tert-OH is 1. The first kappa shape index (κ1) is 28.2. The number of aliphatic hydroxyl groups is 1. The summed E-state index contributed by atoms with van der Waals surface area (Å²) < 4.78 is 10.3. The quantitative estimate of drug-likeness (QED) is 0.111. The number of benzene rings is 2. The Balaban J connectivity index is 1.93. The molecule has 0 amide bonds. The highest BCUT2D eigenvalue weighted by Gasteiger charge is 2.13. The van der Waals surface area contributed by atoms with Gasteiger partial charge in [-0.15, -0.1) is 0 Å². The fourth-order valence-electron chi connectivity index (χ4n) is 3.78. The van der Waals surface area contributed by atoms with Crippen molar-refractivity contribution in [3.8, 4) is 11.1 Å². The first-order valence-electron chi connectivity index (χ1n) is 12.2. The van der Waals surface area contributed by atoms with Crippen LogP contribution in [0.4, 0.5) is 5.82 Å². The highest BCUT2D eigenvalue weighted by Crippen LogP contribution is 2.35. The van der Waals surface area contributed by atoms with Crippen LogP contribution in [-0.4, -0.2) is 27.5 Å². The predicted octanol–water partition coefficient (Wildman–Crippen LogP) is 5.58. The standard InChI is InChI=1S/C28H36N6O2S/c1-6-36-16-22-13-21(15-31-28-25(14-29)18(3)32-20(5)33-28)11-12-23(22)24-9-7-8-10-26(24)37-34-27(30)17(2)19(4)35/h7-13,35H,6,14-16,29H2,1-5H3,(H2,30,34)(H,31,32,33)/b19-17-. The van der Waals surface area contributed by atoms with E-state index in [-0.39, 0.29) is 5.76 Å². The van der Waals surface area contributed by atoms with E-state index in [1.165, 1.54) is 11.9 Å². The molecule has 9 heteroatoms. The summed E-state index contributed by atoms with van der Waals surface area (Å²) in [5.41, 5.74) is 18.7. The number of allylic oxidation sites excluding steroid dienone is 1. The molecule has 0 saturated heterocycles. The summed E-state index contributed by atoms with van der Waals surface area (Å²) in [6.45, 7) is 11.2. The van der Waals surface area contributed by atoms with Crippen molar-refractivity contribution in [1.82, 2.24) is 9.97 Å². The Morgan fingerprint density at radius 3 is 2.57 bits per heavy atom. The average molecular weight is 521 g/mol. The summed E-state index contributed by atoms with van der Waals surface area (Å²) in [4.78, 5) is 9.93. The minimum atomic E-state index is 0.157. The van der Waals surface area contributed by atoms with Crippen molar-refractivity contribution in [3.05, 3.63) is 82.0 Å². The number of ether oxygens (including phenoxy) is 1. The molecule has 196 valence electrons. The first-order valence-corrected chi connectivity index (χ1v) is 13.0. The zero-order valence-corrected chi connectivity index (χ0v) is 22.9. The van der Waals surface area contributed by atoms with Crippen LogP contribution < -0.4 is 16.8 Å². The zero-order valence-electron chi connectivity index (χ0n) is 22.1. The van der Waals surface area contributed by atoms with Gasteiger partial charge in [0.2, 0.25) is 0 Å². The van der Waals surface area contributed by atoms with Gasteiger partial charge in [0, 0.05) is 53.4 Å². The van der Waals surface area contributed by atoms with E-state index in [1.807, 2.05) is 39.0 Å². The lowest BCUT2D eigenvalue weighted by molar-refractivity contribution is 0.134. The molecule has 3 rings (SSSR count). The molecule has 3 aromatic rings. The van der Waals surface area contributed by atoms with Crippen molar-refractivity contribution in [2.24, 2.45) is 15.9 Å². The Labute approximate surface area is 223 Å². The van der Waals surface area contributed by atoms with Gasteiger partial charge in [0.15, 0.2) is 0 Å². The lowest BCUT2D eigenvalue weighted by Crippen LogP contribution is -2.13. The van der Waals surface area contributed by atoms with Gasteiger partial charge in [-0.05, 0) is 62.9 Å². The van der Waals surface area contributed by atoms with Gasteiger partial charge in [0.25, 0.3) is 0 Å². The second-order valence-electron chi connectivity index (χ2n) is 8.64. The molecule has 0 atom stereocenters. The summed E-state index contributed by atoms with van der Waals surface area (Å²) in [7, 11) is 0.